The minimum atomic E-state index is -0.281. The highest BCUT2D eigenvalue weighted by molar-refractivity contribution is 7.13. The zero-order valence-corrected chi connectivity index (χ0v) is 14.0. The van der Waals surface area contributed by atoms with Gasteiger partial charge in [0, 0.05) is 29.0 Å². The molecule has 0 saturated heterocycles. The first-order chi connectivity index (χ1) is 12.2. The fraction of sp³-hybridized carbons (Fsp3) is 0.0625. The van der Waals surface area contributed by atoms with E-state index in [-0.39, 0.29) is 5.91 Å². The molecule has 0 unspecified atom stereocenters. The number of carbonyl (C=O) groups is 1. The summed E-state index contributed by atoms with van der Waals surface area (Å²) in [5, 5.41) is 16.1. The van der Waals surface area contributed by atoms with Crippen LogP contribution in [-0.4, -0.2) is 35.9 Å². The Morgan fingerprint density at radius 3 is 3.08 bits per heavy atom. The average molecular weight is 351 g/mol. The summed E-state index contributed by atoms with van der Waals surface area (Å²) in [4.78, 5) is 20.9. The van der Waals surface area contributed by atoms with Gasteiger partial charge in [-0.1, -0.05) is 0 Å². The van der Waals surface area contributed by atoms with Crippen molar-refractivity contribution in [3.05, 3.63) is 59.9 Å². The predicted octanol–water partition coefficient (Wildman–Crippen LogP) is 2.67. The van der Waals surface area contributed by atoms with Crippen molar-refractivity contribution in [2.24, 2.45) is 0 Å². The Morgan fingerprint density at radius 2 is 2.28 bits per heavy atom. The molecule has 0 fully saturated rings. The van der Waals surface area contributed by atoms with Gasteiger partial charge in [-0.05, 0) is 19.1 Å². The maximum atomic E-state index is 12.4. The summed E-state index contributed by atoms with van der Waals surface area (Å²) < 4.78 is 1.68. The molecule has 1 amide bonds. The quantitative estimate of drug-likeness (QED) is 0.588. The molecule has 124 valence electrons. The lowest BCUT2D eigenvalue weighted by atomic mass is 10.3. The summed E-state index contributed by atoms with van der Waals surface area (Å²) >= 11 is 1.39. The number of aromatic amines is 1. The highest BCUT2D eigenvalue weighted by Crippen LogP contribution is 2.23. The molecule has 0 aliphatic carbocycles. The van der Waals surface area contributed by atoms with Gasteiger partial charge in [-0.15, -0.1) is 11.3 Å². The Bertz CT molecular complexity index is 1020. The Labute approximate surface area is 146 Å². The second-order valence-corrected chi connectivity index (χ2v) is 6.17. The first-order valence-electron chi connectivity index (χ1n) is 7.43. The Hall–Kier alpha value is -3.33. The molecule has 0 saturated carbocycles. The highest BCUT2D eigenvalue weighted by Gasteiger charge is 2.13. The summed E-state index contributed by atoms with van der Waals surface area (Å²) in [6, 6.07) is 3.76. The van der Waals surface area contributed by atoms with E-state index in [4.69, 9.17) is 0 Å². The van der Waals surface area contributed by atoms with Crippen molar-refractivity contribution in [1.29, 1.82) is 0 Å². The largest absolute Gasteiger partial charge is 0.318 e. The van der Waals surface area contributed by atoms with Crippen LogP contribution in [0.5, 0.6) is 0 Å². The molecule has 8 nitrogen and oxygen atoms in total. The SMILES string of the molecule is Cc1cc(-n2cc(NC(=O)c3csc(-c4cn[nH]c4)n3)cn2)ccn1. The van der Waals surface area contributed by atoms with E-state index in [1.165, 1.54) is 11.3 Å². The third-order valence-corrected chi connectivity index (χ3v) is 4.36. The normalized spacial score (nSPS) is 10.8. The van der Waals surface area contributed by atoms with Gasteiger partial charge in [-0.3, -0.25) is 14.9 Å². The molecular weight excluding hydrogens is 338 g/mol. The van der Waals surface area contributed by atoms with E-state index in [9.17, 15) is 4.79 Å². The second kappa shape index (κ2) is 6.29. The molecule has 9 heteroatoms. The van der Waals surface area contributed by atoms with Gasteiger partial charge < -0.3 is 5.32 Å². The van der Waals surface area contributed by atoms with Gasteiger partial charge >= 0.3 is 0 Å². The van der Waals surface area contributed by atoms with Gasteiger partial charge in [0.15, 0.2) is 0 Å². The first-order valence-corrected chi connectivity index (χ1v) is 8.31. The number of carbonyl (C=O) groups excluding carboxylic acids is 1. The Morgan fingerprint density at radius 1 is 1.36 bits per heavy atom. The van der Waals surface area contributed by atoms with Crippen LogP contribution in [0.2, 0.25) is 0 Å². The number of amides is 1. The zero-order chi connectivity index (χ0) is 17.2. The van der Waals surface area contributed by atoms with Crippen molar-refractivity contribution < 1.29 is 4.79 Å². The van der Waals surface area contributed by atoms with Crippen molar-refractivity contribution in [1.82, 2.24) is 29.9 Å². The number of H-pyrrole nitrogens is 1. The molecule has 4 heterocycles. The van der Waals surface area contributed by atoms with Crippen LogP contribution in [0.4, 0.5) is 5.69 Å². The number of pyridine rings is 1. The molecule has 25 heavy (non-hydrogen) atoms. The number of aryl methyl sites for hydroxylation is 1. The van der Waals surface area contributed by atoms with E-state index in [0.717, 1.165) is 22.0 Å². The highest BCUT2D eigenvalue weighted by atomic mass is 32.1. The smallest absolute Gasteiger partial charge is 0.275 e. The molecule has 0 radical (unpaired) electrons. The number of nitrogens with zero attached hydrogens (tertiary/aromatic N) is 5. The summed E-state index contributed by atoms with van der Waals surface area (Å²) in [6.07, 6.45) is 8.47. The lowest BCUT2D eigenvalue weighted by Crippen LogP contribution is -2.11. The van der Waals surface area contributed by atoms with Gasteiger partial charge in [0.05, 0.1) is 30.0 Å². The zero-order valence-electron chi connectivity index (χ0n) is 13.2. The molecule has 0 bridgehead atoms. The van der Waals surface area contributed by atoms with Crippen LogP contribution in [0.15, 0.2) is 48.5 Å². The Kier molecular flexibility index (Phi) is 3.82. The monoisotopic (exact) mass is 351 g/mol. The molecule has 0 aliphatic heterocycles. The van der Waals surface area contributed by atoms with Crippen LogP contribution in [0.3, 0.4) is 0 Å². The van der Waals surface area contributed by atoms with E-state index in [1.807, 2.05) is 19.1 Å². The fourth-order valence-corrected chi connectivity index (χ4v) is 3.06. The van der Waals surface area contributed by atoms with Crippen LogP contribution in [0, 0.1) is 6.92 Å². The number of hydrogen-bond acceptors (Lipinski definition) is 6. The number of hydrogen-bond donors (Lipinski definition) is 2. The van der Waals surface area contributed by atoms with Crippen LogP contribution >= 0.6 is 11.3 Å². The van der Waals surface area contributed by atoms with Crippen molar-refractivity contribution in [3.8, 4) is 16.3 Å². The summed E-state index contributed by atoms with van der Waals surface area (Å²) in [7, 11) is 0. The van der Waals surface area contributed by atoms with E-state index >= 15 is 0 Å². The molecule has 0 spiro atoms. The number of nitrogens with one attached hydrogen (secondary N) is 2. The summed E-state index contributed by atoms with van der Waals surface area (Å²) in [6.45, 7) is 1.91. The number of aromatic nitrogens is 6. The molecule has 4 aromatic rings. The molecule has 0 atom stereocenters. The third-order valence-electron chi connectivity index (χ3n) is 3.47. The summed E-state index contributed by atoms with van der Waals surface area (Å²) in [5.74, 6) is -0.281. The van der Waals surface area contributed by atoms with Gasteiger partial charge in [0.25, 0.3) is 5.91 Å². The number of rotatable bonds is 4. The van der Waals surface area contributed by atoms with E-state index in [0.29, 0.717) is 11.4 Å². The lowest BCUT2D eigenvalue weighted by molar-refractivity contribution is 0.102. The molecule has 0 aliphatic rings. The van der Waals surface area contributed by atoms with Crippen molar-refractivity contribution in [2.75, 3.05) is 5.32 Å². The second-order valence-electron chi connectivity index (χ2n) is 5.31. The van der Waals surface area contributed by atoms with Gasteiger partial charge in [-0.25, -0.2) is 9.67 Å². The predicted molar refractivity (Wildman–Crippen MR) is 93.7 cm³/mol. The van der Waals surface area contributed by atoms with Crippen LogP contribution in [0.25, 0.3) is 16.3 Å². The molecule has 4 rings (SSSR count). The fourth-order valence-electron chi connectivity index (χ4n) is 2.28. The minimum absolute atomic E-state index is 0.281. The van der Waals surface area contributed by atoms with Crippen molar-refractivity contribution in [3.63, 3.8) is 0 Å². The molecule has 0 aromatic carbocycles. The topological polar surface area (TPSA) is 101 Å². The summed E-state index contributed by atoms with van der Waals surface area (Å²) in [5.41, 5.74) is 3.58. The first kappa shape index (κ1) is 15.2. The number of anilines is 1. The van der Waals surface area contributed by atoms with E-state index < -0.39 is 0 Å². The van der Waals surface area contributed by atoms with E-state index in [1.54, 1.807) is 41.0 Å². The molecular formula is C16H13N7OS. The van der Waals surface area contributed by atoms with E-state index in [2.05, 4.69) is 30.6 Å². The Balaban J connectivity index is 1.50. The lowest BCUT2D eigenvalue weighted by Gasteiger charge is -2.01. The number of thiazole rings is 1. The maximum Gasteiger partial charge on any atom is 0.275 e. The minimum Gasteiger partial charge on any atom is -0.318 e. The van der Waals surface area contributed by atoms with Crippen molar-refractivity contribution in [2.45, 2.75) is 6.92 Å². The van der Waals surface area contributed by atoms with Crippen LogP contribution in [0.1, 0.15) is 16.2 Å². The average Bonchev–Trinajstić information content (AvgIpc) is 3.35. The molecule has 2 N–H and O–H groups in total. The third kappa shape index (κ3) is 3.17. The van der Waals surface area contributed by atoms with Crippen molar-refractivity contribution >= 4 is 22.9 Å². The standard InChI is InChI=1S/C16H13N7OS/c1-10-4-13(2-3-17-10)23-8-12(7-20-23)21-15(24)14-9-25-16(22-14)11-5-18-19-6-11/h2-9H,1H3,(H,18,19)(H,21,24). The van der Waals surface area contributed by atoms with Crippen LogP contribution in [-0.2, 0) is 0 Å². The molecule has 4 aromatic heterocycles. The van der Waals surface area contributed by atoms with Crippen LogP contribution < -0.4 is 5.32 Å². The van der Waals surface area contributed by atoms with Gasteiger partial charge in [0.1, 0.15) is 10.7 Å². The maximum absolute atomic E-state index is 12.4. The van der Waals surface area contributed by atoms with Gasteiger partial charge in [0.2, 0.25) is 0 Å². The van der Waals surface area contributed by atoms with Gasteiger partial charge in [-0.2, -0.15) is 10.2 Å².